The molecule has 178 valence electrons. The van der Waals surface area contributed by atoms with Gasteiger partial charge in [0.05, 0.1) is 18.2 Å². The van der Waals surface area contributed by atoms with Crippen molar-refractivity contribution in [3.8, 4) is 34.6 Å². The number of ether oxygens (including phenoxy) is 3. The number of anilines is 1. The van der Waals surface area contributed by atoms with E-state index in [1.54, 1.807) is 4.68 Å². The van der Waals surface area contributed by atoms with E-state index >= 15 is 0 Å². The van der Waals surface area contributed by atoms with Gasteiger partial charge >= 0.3 is 6.01 Å². The summed E-state index contributed by atoms with van der Waals surface area (Å²) in [6.45, 7) is 4.55. The maximum atomic E-state index is 12.9. The zero-order valence-electron chi connectivity index (χ0n) is 19.6. The molecule has 1 aliphatic rings. The molecule has 1 amide bonds. The molecule has 1 atom stereocenters. The summed E-state index contributed by atoms with van der Waals surface area (Å²) >= 11 is 0. The standard InChI is InChI=1S/C27H26N4O4/c1-3-22(18-8-6-5-7-9-18)26(32)28-20-11-13-21(14-12-20)31-25(29-27(30-31)33-4-2)19-10-15-23-24(16-19)35-17-34-23/h5-16,22H,3-4,17H2,1-2H3,(H,28,32). The van der Waals surface area contributed by atoms with E-state index in [0.717, 1.165) is 16.8 Å². The summed E-state index contributed by atoms with van der Waals surface area (Å²) in [4.78, 5) is 17.5. The van der Waals surface area contributed by atoms with Crippen LogP contribution in [0, 0.1) is 0 Å². The van der Waals surface area contributed by atoms with Crippen molar-refractivity contribution in [2.45, 2.75) is 26.2 Å². The third-order valence-electron chi connectivity index (χ3n) is 5.80. The Bertz CT molecular complexity index is 1320. The Balaban J connectivity index is 1.40. The first-order valence-electron chi connectivity index (χ1n) is 11.6. The number of benzene rings is 3. The highest BCUT2D eigenvalue weighted by Crippen LogP contribution is 2.36. The van der Waals surface area contributed by atoms with E-state index in [9.17, 15) is 4.79 Å². The van der Waals surface area contributed by atoms with Crippen LogP contribution in [-0.4, -0.2) is 34.1 Å². The van der Waals surface area contributed by atoms with E-state index in [1.807, 2.05) is 86.6 Å². The Labute approximate surface area is 203 Å². The van der Waals surface area contributed by atoms with Crippen molar-refractivity contribution in [2.24, 2.45) is 0 Å². The van der Waals surface area contributed by atoms with Crippen LogP contribution in [0.4, 0.5) is 5.69 Å². The number of carbonyl (C=O) groups excluding carboxylic acids is 1. The van der Waals surface area contributed by atoms with Gasteiger partial charge in [-0.25, -0.2) is 4.68 Å². The molecular formula is C27H26N4O4. The molecule has 1 N–H and O–H groups in total. The highest BCUT2D eigenvalue weighted by Gasteiger charge is 2.21. The van der Waals surface area contributed by atoms with Crippen molar-refractivity contribution in [3.05, 3.63) is 78.4 Å². The SMILES string of the molecule is CCOc1nc(-c2ccc3c(c2)OCO3)n(-c2ccc(NC(=O)C(CC)c3ccccc3)cc2)n1. The fraction of sp³-hybridized carbons (Fsp3) is 0.222. The molecule has 0 spiro atoms. The normalized spacial score (nSPS) is 12.9. The Kier molecular flexibility index (Phi) is 6.34. The van der Waals surface area contributed by atoms with Crippen LogP contribution in [0.1, 0.15) is 31.7 Å². The fourth-order valence-electron chi connectivity index (χ4n) is 4.06. The lowest BCUT2D eigenvalue weighted by molar-refractivity contribution is -0.117. The zero-order valence-corrected chi connectivity index (χ0v) is 19.6. The van der Waals surface area contributed by atoms with Gasteiger partial charge < -0.3 is 19.5 Å². The van der Waals surface area contributed by atoms with Crippen molar-refractivity contribution in [1.82, 2.24) is 14.8 Å². The molecule has 35 heavy (non-hydrogen) atoms. The first kappa shape index (κ1) is 22.5. The summed E-state index contributed by atoms with van der Waals surface area (Å²) in [6.07, 6.45) is 0.714. The van der Waals surface area contributed by atoms with E-state index in [-0.39, 0.29) is 24.6 Å². The molecule has 0 radical (unpaired) electrons. The van der Waals surface area contributed by atoms with E-state index in [2.05, 4.69) is 15.4 Å². The summed E-state index contributed by atoms with van der Waals surface area (Å²) < 4.78 is 18.2. The quantitative estimate of drug-likeness (QED) is 0.381. The number of rotatable bonds is 8. The number of aromatic nitrogens is 3. The van der Waals surface area contributed by atoms with Gasteiger partial charge in [0, 0.05) is 11.3 Å². The summed E-state index contributed by atoms with van der Waals surface area (Å²) in [6, 6.07) is 23.2. The minimum Gasteiger partial charge on any atom is -0.463 e. The number of nitrogens with one attached hydrogen (secondary N) is 1. The summed E-state index contributed by atoms with van der Waals surface area (Å²) in [5.74, 6) is 1.73. The van der Waals surface area contributed by atoms with Crippen LogP contribution < -0.4 is 19.5 Å². The van der Waals surface area contributed by atoms with Gasteiger partial charge in [-0.2, -0.15) is 4.98 Å². The van der Waals surface area contributed by atoms with Crippen LogP contribution in [0.3, 0.4) is 0 Å². The Hall–Kier alpha value is -4.33. The number of carbonyl (C=O) groups is 1. The van der Waals surface area contributed by atoms with Crippen LogP contribution in [0.2, 0.25) is 0 Å². The molecule has 0 bridgehead atoms. The van der Waals surface area contributed by atoms with Crippen molar-refractivity contribution >= 4 is 11.6 Å². The number of hydrogen-bond acceptors (Lipinski definition) is 6. The average molecular weight is 471 g/mol. The van der Waals surface area contributed by atoms with Crippen molar-refractivity contribution in [2.75, 3.05) is 18.7 Å². The molecule has 1 aliphatic heterocycles. The first-order chi connectivity index (χ1) is 17.2. The zero-order chi connectivity index (χ0) is 24.2. The molecule has 0 aliphatic carbocycles. The number of hydrogen-bond donors (Lipinski definition) is 1. The van der Waals surface area contributed by atoms with Gasteiger partial charge in [-0.05, 0) is 61.4 Å². The lowest BCUT2D eigenvalue weighted by Gasteiger charge is -2.15. The van der Waals surface area contributed by atoms with Gasteiger partial charge in [-0.15, -0.1) is 5.10 Å². The van der Waals surface area contributed by atoms with E-state index < -0.39 is 0 Å². The van der Waals surface area contributed by atoms with Crippen LogP contribution >= 0.6 is 0 Å². The lowest BCUT2D eigenvalue weighted by atomic mass is 9.95. The van der Waals surface area contributed by atoms with Gasteiger partial charge in [0.1, 0.15) is 0 Å². The highest BCUT2D eigenvalue weighted by molar-refractivity contribution is 5.95. The van der Waals surface area contributed by atoms with Crippen LogP contribution in [0.15, 0.2) is 72.8 Å². The molecule has 3 aromatic carbocycles. The molecule has 8 nitrogen and oxygen atoms in total. The molecular weight excluding hydrogens is 444 g/mol. The molecule has 1 unspecified atom stereocenters. The largest absolute Gasteiger partial charge is 0.463 e. The third kappa shape index (κ3) is 4.68. The topological polar surface area (TPSA) is 87.5 Å². The second-order valence-electron chi connectivity index (χ2n) is 8.04. The highest BCUT2D eigenvalue weighted by atomic mass is 16.7. The van der Waals surface area contributed by atoms with Crippen LogP contribution in [0.5, 0.6) is 17.5 Å². The maximum absolute atomic E-state index is 12.9. The molecule has 0 saturated heterocycles. The van der Waals surface area contributed by atoms with Crippen LogP contribution in [0.25, 0.3) is 17.1 Å². The minimum atomic E-state index is -0.211. The fourth-order valence-corrected chi connectivity index (χ4v) is 4.06. The lowest BCUT2D eigenvalue weighted by Crippen LogP contribution is -2.20. The number of amides is 1. The second kappa shape index (κ2) is 9.89. The average Bonchev–Trinajstić information content (AvgIpc) is 3.52. The molecule has 4 aromatic rings. The molecule has 0 fully saturated rings. The summed E-state index contributed by atoms with van der Waals surface area (Å²) in [7, 11) is 0. The van der Waals surface area contributed by atoms with Crippen molar-refractivity contribution < 1.29 is 19.0 Å². The molecule has 5 rings (SSSR count). The monoisotopic (exact) mass is 470 g/mol. The Morgan fingerprint density at radius 2 is 1.80 bits per heavy atom. The smallest absolute Gasteiger partial charge is 0.336 e. The Morgan fingerprint density at radius 3 is 2.54 bits per heavy atom. The van der Waals surface area contributed by atoms with E-state index in [0.29, 0.717) is 36.0 Å². The molecule has 8 heteroatoms. The first-order valence-corrected chi connectivity index (χ1v) is 11.6. The predicted octanol–water partition coefficient (Wildman–Crippen LogP) is 5.19. The molecule has 2 heterocycles. The molecule has 0 saturated carbocycles. The summed E-state index contributed by atoms with van der Waals surface area (Å²) in [5, 5.41) is 7.57. The molecule has 1 aromatic heterocycles. The van der Waals surface area contributed by atoms with Crippen LogP contribution in [-0.2, 0) is 4.79 Å². The number of nitrogens with zero attached hydrogens (tertiary/aromatic N) is 3. The van der Waals surface area contributed by atoms with Crippen molar-refractivity contribution in [1.29, 1.82) is 0 Å². The van der Waals surface area contributed by atoms with Gasteiger partial charge in [-0.1, -0.05) is 37.3 Å². The van der Waals surface area contributed by atoms with Gasteiger partial charge in [0.15, 0.2) is 17.3 Å². The van der Waals surface area contributed by atoms with E-state index in [4.69, 9.17) is 14.2 Å². The maximum Gasteiger partial charge on any atom is 0.336 e. The summed E-state index contributed by atoms with van der Waals surface area (Å²) in [5.41, 5.74) is 3.31. The van der Waals surface area contributed by atoms with Gasteiger partial charge in [0.25, 0.3) is 0 Å². The minimum absolute atomic E-state index is 0.0353. The Morgan fingerprint density at radius 1 is 1.03 bits per heavy atom. The van der Waals surface area contributed by atoms with E-state index in [1.165, 1.54) is 0 Å². The van der Waals surface area contributed by atoms with Crippen molar-refractivity contribution in [3.63, 3.8) is 0 Å². The predicted molar refractivity (Wildman–Crippen MR) is 132 cm³/mol. The third-order valence-corrected chi connectivity index (χ3v) is 5.80. The van der Waals surface area contributed by atoms with Gasteiger partial charge in [-0.3, -0.25) is 4.79 Å². The second-order valence-corrected chi connectivity index (χ2v) is 8.04. The number of fused-ring (bicyclic) bond motifs is 1. The van der Waals surface area contributed by atoms with Gasteiger partial charge in [0.2, 0.25) is 12.7 Å².